The van der Waals surface area contributed by atoms with Crippen LogP contribution in [0.1, 0.15) is 541 Å². The van der Waals surface area contributed by atoms with Crippen LogP contribution in [0.15, 0.2) is 70.4 Å². The minimum Gasteiger partial charge on any atom is -1.00 e. The third-order valence-electron chi connectivity index (χ3n) is 28.5. The second-order valence-corrected chi connectivity index (χ2v) is 47.1. The van der Waals surface area contributed by atoms with Gasteiger partial charge in [-0.15, -0.1) is 68.0 Å². The first-order valence-corrected chi connectivity index (χ1v) is 63.3. The van der Waals surface area contributed by atoms with Gasteiger partial charge in [-0.05, 0) is 189 Å². The molecular weight excluding hydrogens is 1970 g/mol. The maximum atomic E-state index is 17.0. The first-order chi connectivity index (χ1) is 66.9. The van der Waals surface area contributed by atoms with Crippen LogP contribution in [-0.4, -0.2) is 52.8 Å². The molecule has 17 heteroatoms. The summed E-state index contributed by atoms with van der Waals surface area (Å²) < 4.78 is 16.9. The van der Waals surface area contributed by atoms with Gasteiger partial charge in [0.25, 0.3) is 18.3 Å². The van der Waals surface area contributed by atoms with Crippen LogP contribution in [0.2, 0.25) is 0 Å². The zero-order valence-corrected chi connectivity index (χ0v) is 103. The predicted octanol–water partition coefficient (Wildman–Crippen LogP) is 35.8. The van der Waals surface area contributed by atoms with Gasteiger partial charge >= 0.3 is 103 Å². The molecule has 0 spiro atoms. The van der Waals surface area contributed by atoms with Crippen molar-refractivity contribution in [3.63, 3.8) is 0 Å². The van der Waals surface area contributed by atoms with E-state index in [1.807, 2.05) is 68.0 Å². The average Bonchev–Trinajstić information content (AvgIpc) is 1.54. The second kappa shape index (κ2) is 87.8. The number of amides is 2. The summed E-state index contributed by atoms with van der Waals surface area (Å²) in [5.74, 6) is 1.89. The molecule has 0 aliphatic carbocycles. The Kier molecular flexibility index (Phi) is 82.8. The fourth-order valence-corrected chi connectivity index (χ4v) is 28.2. The number of rotatable bonds is 84. The molecule has 137 heavy (non-hydrogen) atoms. The maximum Gasteiger partial charge on any atom is 1.00 e. The number of hydrogen-bond acceptors (Lipinski definition) is 11. The fourth-order valence-electron chi connectivity index (χ4n) is 20.2. The van der Waals surface area contributed by atoms with Crippen LogP contribution in [0.4, 0.5) is 4.39 Å². The molecule has 7 nitrogen and oxygen atoms in total. The molecule has 2 aliphatic rings. The third-order valence-corrected chi connectivity index (χ3v) is 36.9. The van der Waals surface area contributed by atoms with Gasteiger partial charge in [-0.1, -0.05) is 464 Å². The molecule has 3 atom stereocenters. The van der Waals surface area contributed by atoms with E-state index in [0.717, 1.165) is 104 Å². The summed E-state index contributed by atoms with van der Waals surface area (Å²) in [7, 11) is -1.00. The van der Waals surface area contributed by atoms with E-state index in [1.54, 1.807) is 0 Å². The molecule has 0 N–H and O–H groups in total. The number of aryl methyl sites for hydroxylation is 4. The van der Waals surface area contributed by atoms with Crippen LogP contribution in [0.25, 0.3) is 50.4 Å². The van der Waals surface area contributed by atoms with Gasteiger partial charge < -0.3 is 21.4 Å². The molecule has 2 aliphatic heterocycles. The summed E-state index contributed by atoms with van der Waals surface area (Å²) in [6, 6.07) is 19.3. The Hall–Kier alpha value is -0.0173. The van der Waals surface area contributed by atoms with E-state index < -0.39 is 7.15 Å². The van der Waals surface area contributed by atoms with Gasteiger partial charge in [0, 0.05) is 56.5 Å². The van der Waals surface area contributed by atoms with Crippen molar-refractivity contribution in [1.29, 1.82) is 0 Å². The van der Waals surface area contributed by atoms with E-state index in [-0.39, 0.29) is 122 Å². The van der Waals surface area contributed by atoms with E-state index in [1.165, 1.54) is 451 Å². The van der Waals surface area contributed by atoms with E-state index in [4.69, 9.17) is 11.4 Å². The smallest absolute Gasteiger partial charge is 1.00 e. The van der Waals surface area contributed by atoms with Gasteiger partial charge in [0.2, 0.25) is 0 Å². The molecule has 3 unspecified atom stereocenters. The zero-order chi connectivity index (χ0) is 97.9. The molecular formula is C120H198FIK2N2O5S6. The third kappa shape index (κ3) is 52.8. The number of carbonyl (C=O) groups excluding carboxylic acids is 3. The Morgan fingerprint density at radius 1 is 0.328 bits per heavy atom. The molecule has 2 amide bonds. The molecule has 6 aromatic heterocycles. The van der Waals surface area contributed by atoms with Crippen LogP contribution in [-0.2, 0) is 45.0 Å². The van der Waals surface area contributed by atoms with Crippen molar-refractivity contribution in [2.75, 3.05) is 24.7 Å². The molecule has 770 valence electrons. The van der Waals surface area contributed by atoms with Gasteiger partial charge in [0.05, 0.1) is 40.8 Å². The van der Waals surface area contributed by atoms with Crippen LogP contribution >= 0.6 is 90.6 Å². The maximum absolute atomic E-state index is 17.0. The standard InChI is InChI=1S/C94H144N2O2S6.C24H49I.CH3F.CH2O3.2K.H/c1-9-17-25-29-33-37-39-43-47-51-55-73(53-49-45-41-35-31-27-19-11-3)71-95-87(83-69-77(59-23-15-7)91(103-83)81-63-61-79(101-81)89-75(57-21-13-5)65-67-99-89)85-86(93(95)97)88(84-70-78(60-24-16-8)92(104-84)82-64-62-80(102-82)90-76(58-22-14-6)66-68-100-90)96(94(85)98)72-74(54-50-46-42-36-32-28-20-12-4)56-52-48-44-40-38-34-30-26-18-10-2;1-3-5-7-9-11-13-14-16-18-20-22-24(23-25)21-19-17-15-12-10-8-6-4-2;1-2;2-1-4-3;;;/h61-70,73-74H,9-60,71-72H2,1-8H3;24H,3-23H2,1-2H3;1H3;1,3H;;;/q;;;;2*+1;-1/p-1/i;;1D;;;;. The molecule has 0 saturated carbocycles. The summed E-state index contributed by atoms with van der Waals surface area (Å²) in [4.78, 5) is 62.9. The van der Waals surface area contributed by atoms with Crippen molar-refractivity contribution in [3.05, 3.63) is 102 Å². The molecule has 0 saturated heterocycles. The summed E-state index contributed by atoms with van der Waals surface area (Å²) in [5, 5.41) is 13.0. The molecule has 0 bridgehead atoms. The molecule has 0 aromatic carbocycles. The van der Waals surface area contributed by atoms with Crippen LogP contribution < -0.4 is 108 Å². The van der Waals surface area contributed by atoms with Gasteiger partial charge in [0.1, 0.15) is 0 Å². The Labute approximate surface area is 967 Å². The Morgan fingerprint density at radius 3 is 0.766 bits per heavy atom. The first kappa shape index (κ1) is 129. The fraction of sp³-hybridized carbons (Fsp3) is 0.742. The minimum absolute atomic E-state index is 0. The Morgan fingerprint density at radius 2 is 0.540 bits per heavy atom. The number of carbonyl (C=O) groups is 3. The number of hydrogen-bond donors (Lipinski definition) is 0. The van der Waals surface area contributed by atoms with E-state index in [0.29, 0.717) is 36.1 Å². The van der Waals surface area contributed by atoms with Crippen molar-refractivity contribution in [3.8, 4) is 39.0 Å². The van der Waals surface area contributed by atoms with E-state index in [2.05, 4.69) is 166 Å². The van der Waals surface area contributed by atoms with Gasteiger partial charge in [-0.25, -0.2) is 0 Å². The normalized spacial score (nSPS) is 13.2. The van der Waals surface area contributed by atoms with Gasteiger partial charge in [-0.3, -0.25) is 18.8 Å². The number of alkyl halides is 2. The number of thiophene rings is 6. The van der Waals surface area contributed by atoms with Crippen molar-refractivity contribution in [1.82, 2.24) is 9.80 Å². The summed E-state index contributed by atoms with van der Waals surface area (Å²) in [5.41, 5.74) is 8.98. The largest absolute Gasteiger partial charge is 1.00 e. The predicted molar refractivity (Wildman–Crippen MR) is 609 cm³/mol. The summed E-state index contributed by atoms with van der Waals surface area (Å²) >= 11 is 14.1. The molecule has 6 aromatic rings. The topological polar surface area (TPSA) is 90.0 Å². The zero-order valence-electron chi connectivity index (χ0n) is 92.0. The monoisotopic (exact) mass is 2160 g/mol. The SMILES string of the molecule is CCCCCCCCCCCCC(CCCCCCCCCC)CN1C(=O)C2=C(c3cc(CCCC)c(-c4ccc(-c5sccc5CCCC)s4)s3)N(CC(CCCCCCCCCC)CCCCCCCCCCCC)C(=O)C2=C1c1cc(CCCC)c(-c2ccc(-c3sccc3CCCC)s2)s1.CCCCCCCCCCCCC(CI)CCCCCCCCCC.O=CO[O-].[2H]CF.[H-].[K+].[K+]. The van der Waals surface area contributed by atoms with Crippen molar-refractivity contribution >= 4 is 120 Å². The van der Waals surface area contributed by atoms with E-state index in [9.17, 15) is 4.39 Å². The van der Waals surface area contributed by atoms with Crippen LogP contribution in [0, 0.1) is 17.8 Å². The Bertz CT molecular complexity index is 3770. The quantitative estimate of drug-likeness (QED) is 0.00722. The number of halogens is 2. The number of nitrogens with zero attached hydrogens (tertiary/aromatic N) is 2. The molecule has 0 radical (unpaired) electrons. The van der Waals surface area contributed by atoms with Crippen molar-refractivity contribution in [2.45, 2.75) is 532 Å². The molecule has 8 rings (SSSR count). The molecule has 8 heterocycles. The van der Waals surface area contributed by atoms with Crippen molar-refractivity contribution in [2.24, 2.45) is 17.8 Å². The summed E-state index contributed by atoms with van der Waals surface area (Å²) in [6.07, 6.45) is 94.6. The van der Waals surface area contributed by atoms with Gasteiger partial charge in [0.15, 0.2) is 0 Å². The second-order valence-electron chi connectivity index (χ2n) is 40.1. The number of unbranched alkanes of at least 4 members (excludes halogenated alkanes) is 52. The van der Waals surface area contributed by atoms with Gasteiger partial charge in [-0.2, -0.15) is 0 Å². The van der Waals surface area contributed by atoms with Crippen LogP contribution in [0.5, 0.6) is 0 Å². The first-order valence-electron chi connectivity index (χ1n) is 57.5. The Balaban J connectivity index is 0.00000160. The minimum atomic E-state index is -1.00. The van der Waals surface area contributed by atoms with Crippen LogP contribution in [0.3, 0.4) is 0 Å². The number of fused-ring (bicyclic) bond motifs is 1. The molecule has 0 fully saturated rings. The average molecular weight is 2170 g/mol. The van der Waals surface area contributed by atoms with Crippen molar-refractivity contribution < 1.29 is 134 Å². The summed E-state index contributed by atoms with van der Waals surface area (Å²) in [6.45, 7) is 24.3. The van der Waals surface area contributed by atoms with E-state index >= 15 is 9.59 Å².